The quantitative estimate of drug-likeness (QED) is 0.693. The zero-order valence-electron chi connectivity index (χ0n) is 12.8. The van der Waals surface area contributed by atoms with Gasteiger partial charge in [0.2, 0.25) is 5.91 Å². The number of hydrogen-bond donors (Lipinski definition) is 1. The molecule has 0 bridgehead atoms. The molecule has 23 heavy (non-hydrogen) atoms. The van der Waals surface area contributed by atoms with Gasteiger partial charge < -0.3 is 5.32 Å². The third-order valence-corrected chi connectivity index (χ3v) is 4.26. The van der Waals surface area contributed by atoms with Crippen LogP contribution in [0, 0.1) is 10.1 Å². The summed E-state index contributed by atoms with van der Waals surface area (Å²) in [5.41, 5.74) is 2.31. The summed E-state index contributed by atoms with van der Waals surface area (Å²) in [6.07, 6.45) is 5.39. The molecule has 1 aromatic carbocycles. The molecule has 1 aromatic heterocycles. The van der Waals surface area contributed by atoms with E-state index in [1.807, 2.05) is 18.2 Å². The normalized spacial score (nSPS) is 18.0. The van der Waals surface area contributed by atoms with Crippen LogP contribution in [0.5, 0.6) is 0 Å². The monoisotopic (exact) mass is 314 g/mol. The van der Waals surface area contributed by atoms with E-state index >= 15 is 0 Å². The SMILES string of the molecule is C[C@@H](C(=O)N[C@H]1CCCc2ccccc21)n1cc([N+](=O)[O-])cn1. The Balaban J connectivity index is 1.73. The summed E-state index contributed by atoms with van der Waals surface area (Å²) in [6, 6.07) is 7.51. The van der Waals surface area contributed by atoms with Crippen molar-refractivity contribution in [1.29, 1.82) is 0 Å². The number of nitrogens with one attached hydrogen (secondary N) is 1. The number of aromatic nitrogens is 2. The number of carbonyl (C=O) groups excluding carboxylic acids is 1. The van der Waals surface area contributed by atoms with Gasteiger partial charge in [-0.25, -0.2) is 0 Å². The number of fused-ring (bicyclic) bond motifs is 1. The highest BCUT2D eigenvalue weighted by Gasteiger charge is 2.25. The van der Waals surface area contributed by atoms with Crippen molar-refractivity contribution in [3.05, 3.63) is 57.9 Å². The zero-order chi connectivity index (χ0) is 16.4. The summed E-state index contributed by atoms with van der Waals surface area (Å²) < 4.78 is 1.32. The maximum Gasteiger partial charge on any atom is 0.307 e. The van der Waals surface area contributed by atoms with Gasteiger partial charge in [0.05, 0.1) is 11.0 Å². The number of rotatable bonds is 4. The molecule has 0 saturated carbocycles. The lowest BCUT2D eigenvalue weighted by atomic mass is 9.87. The van der Waals surface area contributed by atoms with E-state index in [2.05, 4.69) is 16.5 Å². The molecule has 1 aliphatic carbocycles. The molecule has 1 heterocycles. The summed E-state index contributed by atoms with van der Waals surface area (Å²) in [5, 5.41) is 17.7. The molecule has 0 unspecified atom stereocenters. The van der Waals surface area contributed by atoms with Crippen LogP contribution in [-0.2, 0) is 11.2 Å². The first-order valence-electron chi connectivity index (χ1n) is 7.63. The molecule has 0 aliphatic heterocycles. The maximum atomic E-state index is 12.5. The molecule has 3 rings (SSSR count). The van der Waals surface area contributed by atoms with Gasteiger partial charge in [-0.2, -0.15) is 5.10 Å². The molecule has 1 aliphatic rings. The van der Waals surface area contributed by atoms with Gasteiger partial charge in [-0.3, -0.25) is 19.6 Å². The van der Waals surface area contributed by atoms with Gasteiger partial charge in [-0.1, -0.05) is 24.3 Å². The minimum atomic E-state index is -0.599. The average Bonchev–Trinajstić information content (AvgIpc) is 3.04. The Labute approximate surface area is 133 Å². The second kappa shape index (κ2) is 6.20. The predicted molar refractivity (Wildman–Crippen MR) is 83.9 cm³/mol. The second-order valence-corrected chi connectivity index (χ2v) is 5.76. The van der Waals surface area contributed by atoms with Crippen LogP contribution in [0.25, 0.3) is 0 Å². The largest absolute Gasteiger partial charge is 0.347 e. The molecular weight excluding hydrogens is 296 g/mol. The van der Waals surface area contributed by atoms with Crippen LogP contribution in [0.15, 0.2) is 36.7 Å². The lowest BCUT2D eigenvalue weighted by Crippen LogP contribution is -2.35. The molecule has 7 heteroatoms. The van der Waals surface area contributed by atoms with Gasteiger partial charge in [-0.15, -0.1) is 0 Å². The number of nitro groups is 1. The van der Waals surface area contributed by atoms with Crippen LogP contribution < -0.4 is 5.32 Å². The highest BCUT2D eigenvalue weighted by Crippen LogP contribution is 2.29. The summed E-state index contributed by atoms with van der Waals surface area (Å²) >= 11 is 0. The van der Waals surface area contributed by atoms with Crippen molar-refractivity contribution in [2.75, 3.05) is 0 Å². The second-order valence-electron chi connectivity index (χ2n) is 5.76. The van der Waals surface area contributed by atoms with Crippen molar-refractivity contribution in [3.8, 4) is 0 Å². The first kappa shape index (κ1) is 15.2. The molecule has 1 N–H and O–H groups in total. The highest BCUT2D eigenvalue weighted by atomic mass is 16.6. The van der Waals surface area contributed by atoms with E-state index in [-0.39, 0.29) is 17.6 Å². The van der Waals surface area contributed by atoms with Gasteiger partial charge in [0.1, 0.15) is 18.4 Å². The molecule has 0 radical (unpaired) electrons. The van der Waals surface area contributed by atoms with E-state index < -0.39 is 11.0 Å². The number of hydrogen-bond acceptors (Lipinski definition) is 4. The van der Waals surface area contributed by atoms with Crippen molar-refractivity contribution in [2.45, 2.75) is 38.3 Å². The topological polar surface area (TPSA) is 90.1 Å². The molecule has 0 spiro atoms. The molecule has 120 valence electrons. The Bertz CT molecular complexity index is 740. The number of carbonyl (C=O) groups is 1. The molecule has 7 nitrogen and oxygen atoms in total. The summed E-state index contributed by atoms with van der Waals surface area (Å²) in [6.45, 7) is 1.68. The summed E-state index contributed by atoms with van der Waals surface area (Å²) in [5.74, 6) is -0.190. The third-order valence-electron chi connectivity index (χ3n) is 4.26. The van der Waals surface area contributed by atoms with E-state index in [4.69, 9.17) is 0 Å². The minimum absolute atomic E-state index is 0.0135. The van der Waals surface area contributed by atoms with Crippen molar-refractivity contribution in [2.24, 2.45) is 0 Å². The van der Waals surface area contributed by atoms with E-state index in [1.54, 1.807) is 6.92 Å². The standard InChI is InChI=1S/C16H18N4O3/c1-11(19-10-13(9-17-19)20(22)23)16(21)18-15-8-4-6-12-5-2-3-7-14(12)15/h2-3,5,7,9-11,15H,4,6,8H2,1H3,(H,18,21)/t11-,15-/m0/s1. The van der Waals surface area contributed by atoms with Crippen LogP contribution in [0.4, 0.5) is 5.69 Å². The van der Waals surface area contributed by atoms with Crippen LogP contribution in [-0.4, -0.2) is 20.6 Å². The van der Waals surface area contributed by atoms with Gasteiger partial charge in [0, 0.05) is 0 Å². The number of benzene rings is 1. The Morgan fingerprint density at radius 2 is 2.26 bits per heavy atom. The highest BCUT2D eigenvalue weighted by molar-refractivity contribution is 5.80. The molecule has 2 atom stereocenters. The molecular formula is C16H18N4O3. The number of aryl methyl sites for hydroxylation is 1. The average molecular weight is 314 g/mol. The van der Waals surface area contributed by atoms with Crippen molar-refractivity contribution in [1.82, 2.24) is 15.1 Å². The first-order chi connectivity index (χ1) is 11.1. The number of amides is 1. The first-order valence-corrected chi connectivity index (χ1v) is 7.63. The maximum absolute atomic E-state index is 12.5. The van der Waals surface area contributed by atoms with E-state index in [1.165, 1.54) is 16.4 Å². The van der Waals surface area contributed by atoms with Gasteiger partial charge in [0.15, 0.2) is 0 Å². The van der Waals surface area contributed by atoms with Gasteiger partial charge in [-0.05, 0) is 37.3 Å². The summed E-state index contributed by atoms with van der Waals surface area (Å²) in [7, 11) is 0. The Morgan fingerprint density at radius 1 is 1.48 bits per heavy atom. The van der Waals surface area contributed by atoms with Crippen LogP contribution in [0.1, 0.15) is 43.0 Å². The summed E-state index contributed by atoms with van der Waals surface area (Å²) in [4.78, 5) is 22.6. The smallest absolute Gasteiger partial charge is 0.307 e. The number of nitrogens with zero attached hydrogens (tertiary/aromatic N) is 3. The van der Waals surface area contributed by atoms with Gasteiger partial charge in [0.25, 0.3) is 0 Å². The van der Waals surface area contributed by atoms with Crippen LogP contribution in [0.2, 0.25) is 0 Å². The zero-order valence-corrected chi connectivity index (χ0v) is 12.8. The fourth-order valence-corrected chi connectivity index (χ4v) is 2.95. The van der Waals surface area contributed by atoms with Crippen LogP contribution in [0.3, 0.4) is 0 Å². The van der Waals surface area contributed by atoms with E-state index in [0.29, 0.717) is 0 Å². The predicted octanol–water partition coefficient (Wildman–Crippen LogP) is 2.55. The van der Waals surface area contributed by atoms with Crippen molar-refractivity contribution >= 4 is 11.6 Å². The molecule has 2 aromatic rings. The van der Waals surface area contributed by atoms with E-state index in [9.17, 15) is 14.9 Å². The minimum Gasteiger partial charge on any atom is -0.347 e. The van der Waals surface area contributed by atoms with Crippen molar-refractivity contribution < 1.29 is 9.72 Å². The Kier molecular flexibility index (Phi) is 4.10. The van der Waals surface area contributed by atoms with Gasteiger partial charge >= 0.3 is 5.69 Å². The van der Waals surface area contributed by atoms with E-state index in [0.717, 1.165) is 31.0 Å². The lowest BCUT2D eigenvalue weighted by molar-refractivity contribution is -0.385. The van der Waals surface area contributed by atoms with Crippen LogP contribution >= 0.6 is 0 Å². The fraction of sp³-hybridized carbons (Fsp3) is 0.375. The Hall–Kier alpha value is -2.70. The third kappa shape index (κ3) is 3.08. The molecule has 1 amide bonds. The molecule has 0 saturated heterocycles. The van der Waals surface area contributed by atoms with Crippen molar-refractivity contribution in [3.63, 3.8) is 0 Å². The fourth-order valence-electron chi connectivity index (χ4n) is 2.95. The Morgan fingerprint density at radius 3 is 3.00 bits per heavy atom. The lowest BCUT2D eigenvalue weighted by Gasteiger charge is -2.27. The molecule has 0 fully saturated rings.